The van der Waals surface area contributed by atoms with Gasteiger partial charge in [-0.05, 0) is 18.6 Å². The first kappa shape index (κ1) is 15.0. The van der Waals surface area contributed by atoms with Gasteiger partial charge in [0.05, 0.1) is 24.3 Å². The van der Waals surface area contributed by atoms with Gasteiger partial charge < -0.3 is 10.3 Å². The summed E-state index contributed by atoms with van der Waals surface area (Å²) in [6, 6.07) is 9.62. The monoisotopic (exact) mass is 277 g/mol. The van der Waals surface area contributed by atoms with Crippen molar-refractivity contribution >= 4 is 24.4 Å². The van der Waals surface area contributed by atoms with Crippen LogP contribution >= 0.6 is 12.4 Å². The standard InChI is InChI=1S/C14H15N3O.ClH/c1-11(13-9-15-10-16-13)17-14(18)8-7-12-5-3-2-4-6-12;/h2-11H,1H3,(H,15,16)(H,17,18);1H/b8-7+;. The van der Waals surface area contributed by atoms with E-state index in [-0.39, 0.29) is 24.4 Å². The van der Waals surface area contributed by atoms with Crippen LogP contribution in [0.3, 0.4) is 0 Å². The second-order valence-electron chi connectivity index (χ2n) is 3.98. The molecule has 0 radical (unpaired) electrons. The molecule has 0 aliphatic rings. The molecule has 0 saturated carbocycles. The van der Waals surface area contributed by atoms with Gasteiger partial charge in [-0.25, -0.2) is 4.98 Å². The highest BCUT2D eigenvalue weighted by molar-refractivity contribution is 5.91. The predicted molar refractivity (Wildman–Crippen MR) is 77.9 cm³/mol. The largest absolute Gasteiger partial charge is 0.347 e. The van der Waals surface area contributed by atoms with E-state index in [1.807, 2.05) is 37.3 Å². The van der Waals surface area contributed by atoms with Gasteiger partial charge in [0.25, 0.3) is 0 Å². The fourth-order valence-electron chi connectivity index (χ4n) is 1.58. The van der Waals surface area contributed by atoms with Gasteiger partial charge in [0.15, 0.2) is 0 Å². The molecule has 5 heteroatoms. The number of H-pyrrole nitrogens is 1. The fraction of sp³-hybridized carbons (Fsp3) is 0.143. The third-order valence-corrected chi connectivity index (χ3v) is 2.57. The van der Waals surface area contributed by atoms with Crippen LogP contribution in [0.1, 0.15) is 24.2 Å². The summed E-state index contributed by atoms with van der Waals surface area (Å²) in [5.41, 5.74) is 1.89. The molecule has 1 unspecified atom stereocenters. The highest BCUT2D eigenvalue weighted by Gasteiger charge is 2.07. The number of nitrogens with zero attached hydrogens (tertiary/aromatic N) is 1. The van der Waals surface area contributed by atoms with Gasteiger partial charge in [0, 0.05) is 6.08 Å². The average molecular weight is 278 g/mol. The SMILES string of the molecule is CC(NC(=O)/C=C/c1ccccc1)c1cnc[nH]1.Cl. The van der Waals surface area contributed by atoms with Crippen molar-refractivity contribution in [1.82, 2.24) is 15.3 Å². The summed E-state index contributed by atoms with van der Waals surface area (Å²) in [6.45, 7) is 1.90. The van der Waals surface area contributed by atoms with E-state index < -0.39 is 0 Å². The maximum atomic E-state index is 11.7. The molecule has 1 amide bonds. The van der Waals surface area contributed by atoms with Crippen LogP contribution < -0.4 is 5.32 Å². The van der Waals surface area contributed by atoms with Gasteiger partial charge in [-0.2, -0.15) is 0 Å². The van der Waals surface area contributed by atoms with Crippen LogP contribution in [0.4, 0.5) is 0 Å². The summed E-state index contributed by atoms with van der Waals surface area (Å²) < 4.78 is 0. The lowest BCUT2D eigenvalue weighted by Crippen LogP contribution is -2.24. The Hall–Kier alpha value is -2.07. The van der Waals surface area contributed by atoms with Crippen molar-refractivity contribution in [2.75, 3.05) is 0 Å². The third kappa shape index (κ3) is 4.60. The second-order valence-corrected chi connectivity index (χ2v) is 3.98. The van der Waals surface area contributed by atoms with E-state index in [1.165, 1.54) is 6.08 Å². The zero-order valence-electron chi connectivity index (χ0n) is 10.5. The summed E-state index contributed by atoms with van der Waals surface area (Å²) in [4.78, 5) is 18.6. The molecule has 2 rings (SSSR count). The van der Waals surface area contributed by atoms with E-state index in [0.29, 0.717) is 0 Å². The zero-order chi connectivity index (χ0) is 12.8. The number of halogens is 1. The fourth-order valence-corrected chi connectivity index (χ4v) is 1.58. The van der Waals surface area contributed by atoms with Crippen LogP contribution in [0.15, 0.2) is 48.9 Å². The van der Waals surface area contributed by atoms with Crippen LogP contribution in [0.2, 0.25) is 0 Å². The topological polar surface area (TPSA) is 57.8 Å². The van der Waals surface area contributed by atoms with E-state index in [0.717, 1.165) is 11.3 Å². The molecule has 19 heavy (non-hydrogen) atoms. The Kier molecular flexibility index (Phi) is 5.82. The first-order valence-electron chi connectivity index (χ1n) is 5.77. The Morgan fingerprint density at radius 2 is 2.11 bits per heavy atom. The average Bonchev–Trinajstić information content (AvgIpc) is 2.91. The minimum Gasteiger partial charge on any atom is -0.347 e. The molecular formula is C14H16ClN3O. The van der Waals surface area contributed by atoms with Crippen molar-refractivity contribution in [2.45, 2.75) is 13.0 Å². The summed E-state index contributed by atoms with van der Waals surface area (Å²) in [6.07, 6.45) is 6.61. The van der Waals surface area contributed by atoms with Crippen LogP contribution in [-0.2, 0) is 4.79 Å². The maximum Gasteiger partial charge on any atom is 0.244 e. The number of benzene rings is 1. The molecule has 1 heterocycles. The lowest BCUT2D eigenvalue weighted by molar-refractivity contribution is -0.117. The number of carbonyl (C=O) groups excluding carboxylic acids is 1. The summed E-state index contributed by atoms with van der Waals surface area (Å²) in [7, 11) is 0. The molecule has 1 aromatic carbocycles. The highest BCUT2D eigenvalue weighted by Crippen LogP contribution is 2.07. The van der Waals surface area contributed by atoms with Crippen LogP contribution in [0, 0.1) is 0 Å². The number of hydrogen-bond acceptors (Lipinski definition) is 2. The van der Waals surface area contributed by atoms with Crippen LogP contribution in [0.25, 0.3) is 6.08 Å². The summed E-state index contributed by atoms with van der Waals surface area (Å²) in [5, 5.41) is 2.86. The first-order valence-corrected chi connectivity index (χ1v) is 5.77. The molecule has 1 atom stereocenters. The minimum atomic E-state index is -0.124. The lowest BCUT2D eigenvalue weighted by atomic mass is 10.2. The normalized spacial score (nSPS) is 11.8. The minimum absolute atomic E-state index is 0. The second kappa shape index (κ2) is 7.38. The number of rotatable bonds is 4. The number of aromatic amines is 1. The smallest absolute Gasteiger partial charge is 0.244 e. The van der Waals surface area contributed by atoms with E-state index in [2.05, 4.69) is 15.3 Å². The number of aromatic nitrogens is 2. The van der Waals surface area contributed by atoms with Gasteiger partial charge in [-0.3, -0.25) is 4.79 Å². The van der Waals surface area contributed by atoms with E-state index in [9.17, 15) is 4.79 Å². The van der Waals surface area contributed by atoms with Gasteiger partial charge in [0.1, 0.15) is 0 Å². The quantitative estimate of drug-likeness (QED) is 0.844. The molecule has 4 nitrogen and oxygen atoms in total. The van der Waals surface area contributed by atoms with Crippen molar-refractivity contribution in [3.05, 3.63) is 60.2 Å². The van der Waals surface area contributed by atoms with Crippen molar-refractivity contribution in [3.63, 3.8) is 0 Å². The van der Waals surface area contributed by atoms with Gasteiger partial charge in [-0.1, -0.05) is 30.3 Å². The lowest BCUT2D eigenvalue weighted by Gasteiger charge is -2.09. The Balaban J connectivity index is 0.00000180. The molecule has 0 spiro atoms. The molecule has 0 fully saturated rings. The molecule has 0 saturated heterocycles. The molecule has 1 aromatic heterocycles. The zero-order valence-corrected chi connectivity index (χ0v) is 11.4. The van der Waals surface area contributed by atoms with Gasteiger partial charge >= 0.3 is 0 Å². The predicted octanol–water partition coefficient (Wildman–Crippen LogP) is 2.72. The highest BCUT2D eigenvalue weighted by atomic mass is 35.5. The summed E-state index contributed by atoms with van der Waals surface area (Å²) >= 11 is 0. The first-order chi connectivity index (χ1) is 8.75. The summed E-state index contributed by atoms with van der Waals surface area (Å²) in [5.74, 6) is -0.124. The van der Waals surface area contributed by atoms with E-state index >= 15 is 0 Å². The Morgan fingerprint density at radius 3 is 2.74 bits per heavy atom. The third-order valence-electron chi connectivity index (χ3n) is 2.57. The van der Waals surface area contributed by atoms with Crippen LogP contribution in [-0.4, -0.2) is 15.9 Å². The van der Waals surface area contributed by atoms with Crippen molar-refractivity contribution in [1.29, 1.82) is 0 Å². The van der Waals surface area contributed by atoms with Crippen molar-refractivity contribution in [3.8, 4) is 0 Å². The molecule has 2 N–H and O–H groups in total. The Morgan fingerprint density at radius 1 is 1.37 bits per heavy atom. The number of hydrogen-bond donors (Lipinski definition) is 2. The maximum absolute atomic E-state index is 11.7. The molecular weight excluding hydrogens is 262 g/mol. The van der Waals surface area contributed by atoms with Gasteiger partial charge in [0.2, 0.25) is 5.91 Å². The number of amides is 1. The Bertz CT molecular complexity index is 523. The van der Waals surface area contributed by atoms with Crippen molar-refractivity contribution in [2.24, 2.45) is 0 Å². The van der Waals surface area contributed by atoms with Crippen LogP contribution in [0.5, 0.6) is 0 Å². The molecule has 2 aromatic rings. The molecule has 100 valence electrons. The van der Waals surface area contributed by atoms with E-state index in [4.69, 9.17) is 0 Å². The molecule has 0 aliphatic heterocycles. The Labute approximate surface area is 118 Å². The van der Waals surface area contributed by atoms with E-state index in [1.54, 1.807) is 18.6 Å². The number of nitrogens with one attached hydrogen (secondary N) is 2. The van der Waals surface area contributed by atoms with Crippen molar-refractivity contribution < 1.29 is 4.79 Å². The molecule has 0 bridgehead atoms. The molecule has 0 aliphatic carbocycles. The number of carbonyl (C=O) groups is 1. The van der Waals surface area contributed by atoms with Gasteiger partial charge in [-0.15, -0.1) is 12.4 Å². The number of imidazole rings is 1.